The summed E-state index contributed by atoms with van der Waals surface area (Å²) < 4.78 is 34.2. The molecule has 0 radical (unpaired) electrons. The van der Waals surface area contributed by atoms with Crippen molar-refractivity contribution in [2.24, 2.45) is 0 Å². The molecule has 0 aliphatic carbocycles. The molecule has 1 unspecified atom stereocenters. The van der Waals surface area contributed by atoms with Gasteiger partial charge in [-0.15, -0.1) is 0 Å². The summed E-state index contributed by atoms with van der Waals surface area (Å²) in [5.41, 5.74) is 6.09. The van der Waals surface area contributed by atoms with Crippen molar-refractivity contribution in [2.45, 2.75) is 108 Å². The molecule has 3 aliphatic heterocycles. The summed E-state index contributed by atoms with van der Waals surface area (Å²) in [5.74, 6) is -0.350. The van der Waals surface area contributed by atoms with Crippen LogP contribution >= 0.6 is 0 Å². The minimum Gasteiger partial charge on any atom is -0.455 e. The van der Waals surface area contributed by atoms with Gasteiger partial charge in [-0.25, -0.2) is 5.43 Å². The second-order valence-electron chi connectivity index (χ2n) is 12.7. The number of hydrazine groups is 1. The van der Waals surface area contributed by atoms with Crippen LogP contribution in [0.1, 0.15) is 55.4 Å². The number of nitrogens with zero attached hydrogens (tertiary/aromatic N) is 1. The van der Waals surface area contributed by atoms with Gasteiger partial charge in [0, 0.05) is 0 Å². The third-order valence-electron chi connectivity index (χ3n) is 8.81. The monoisotopic (exact) mass is 598 g/mol. The maximum absolute atomic E-state index is 13.4. The predicted molar refractivity (Wildman–Crippen MR) is 164 cm³/mol. The largest absolute Gasteiger partial charge is 0.455 e. The maximum Gasteiger partial charge on any atom is 0.335 e. The van der Waals surface area contributed by atoms with Gasteiger partial charge in [0.25, 0.3) is 0 Å². The Bertz CT molecular complexity index is 1130. The Morgan fingerprint density at radius 2 is 1.24 bits per heavy atom. The lowest BCUT2D eigenvalue weighted by Gasteiger charge is -2.51. The molecule has 0 bridgehead atoms. The zero-order chi connectivity index (χ0) is 29.5. The summed E-state index contributed by atoms with van der Waals surface area (Å²) in [6.45, 7) is 18.0. The van der Waals surface area contributed by atoms with Gasteiger partial charge >= 0.3 is 23.1 Å². The number of hydrogen-bond donors (Lipinski definition) is 1. The quantitative estimate of drug-likeness (QED) is 0.214. The van der Waals surface area contributed by atoms with Crippen LogP contribution in [0.3, 0.4) is 0 Å². The lowest BCUT2D eigenvalue weighted by atomic mass is 10.1. The zero-order valence-corrected chi connectivity index (χ0v) is 27.6. The number of carbonyl (C=O) groups excluding carboxylic acids is 1. The van der Waals surface area contributed by atoms with E-state index in [2.05, 4.69) is 60.8 Å². The van der Waals surface area contributed by atoms with Crippen LogP contribution in [-0.4, -0.2) is 60.2 Å². The Morgan fingerprint density at radius 1 is 0.732 bits per heavy atom. The first-order valence-electron chi connectivity index (χ1n) is 15.0. The maximum atomic E-state index is 13.4. The zero-order valence-electron chi connectivity index (χ0n) is 25.6. The van der Waals surface area contributed by atoms with Crippen LogP contribution in [0.4, 0.5) is 11.4 Å². The number of nitrogens with one attached hydrogen (secondary N) is 1. The van der Waals surface area contributed by atoms with Gasteiger partial charge in [-0.3, -0.25) is 9.80 Å². The molecule has 224 valence electrons. The van der Waals surface area contributed by atoms with Crippen LogP contribution < -0.4 is 10.4 Å². The lowest BCUT2D eigenvalue weighted by Crippen LogP contribution is -2.65. The average Bonchev–Trinajstić information content (AvgIpc) is 3.41. The third-order valence-corrected chi connectivity index (χ3v) is 19.1. The molecule has 3 heterocycles. The fraction of sp³-hybridized carbons (Fsp3) is 0.581. The summed E-state index contributed by atoms with van der Waals surface area (Å²) in [4.78, 5) is 13.4. The van der Waals surface area contributed by atoms with Crippen molar-refractivity contribution in [1.29, 1.82) is 0 Å². The number of ether oxygens (including phenoxy) is 2. The van der Waals surface area contributed by atoms with E-state index in [1.165, 1.54) is 0 Å². The molecule has 0 spiro atoms. The van der Waals surface area contributed by atoms with E-state index in [4.69, 9.17) is 22.4 Å². The number of para-hydroxylation sites is 2. The van der Waals surface area contributed by atoms with E-state index >= 15 is 0 Å². The van der Waals surface area contributed by atoms with Crippen LogP contribution in [0.15, 0.2) is 60.7 Å². The Hall–Kier alpha value is -2.06. The number of carbonyl (C=O) groups is 1. The standard InChI is InChI=1S/C31H46N2O6Si2/c1-20(2)40(21(3)4)35-19-26-28(38-41(39-40,22(5)6)23(7)8)30-29(36-26)27(31(34)37-30)32-33(24-15-11-9-12-16-24)25-17-13-10-14-18-25/h9-18,20-23,26-30,32H,19H2,1-8H3/t26-,27?,28-,29-,30-/m1/s1. The van der Waals surface area contributed by atoms with E-state index in [9.17, 15) is 4.79 Å². The molecule has 3 saturated heterocycles. The highest BCUT2D eigenvalue weighted by molar-refractivity contribution is 6.84. The fourth-order valence-electron chi connectivity index (χ4n) is 6.63. The van der Waals surface area contributed by atoms with Gasteiger partial charge in [-0.1, -0.05) is 91.8 Å². The van der Waals surface area contributed by atoms with Gasteiger partial charge in [0.15, 0.2) is 12.1 Å². The first-order chi connectivity index (χ1) is 19.5. The van der Waals surface area contributed by atoms with Gasteiger partial charge in [-0.2, -0.15) is 0 Å². The van der Waals surface area contributed by atoms with Gasteiger partial charge in [-0.05, 0) is 46.4 Å². The number of anilines is 2. The van der Waals surface area contributed by atoms with Gasteiger partial charge < -0.3 is 22.4 Å². The smallest absolute Gasteiger partial charge is 0.335 e. The normalized spacial score (nSPS) is 28.9. The number of hydrogen-bond acceptors (Lipinski definition) is 8. The van der Waals surface area contributed by atoms with Crippen molar-refractivity contribution >= 4 is 34.5 Å². The molecule has 10 heteroatoms. The molecule has 3 fully saturated rings. The van der Waals surface area contributed by atoms with Gasteiger partial charge in [0.2, 0.25) is 0 Å². The number of esters is 1. The third kappa shape index (κ3) is 5.44. The van der Waals surface area contributed by atoms with Gasteiger partial charge in [0.05, 0.1) is 18.0 Å². The summed E-state index contributed by atoms with van der Waals surface area (Å²) in [6.07, 6.45) is -1.90. The minimum atomic E-state index is -2.87. The summed E-state index contributed by atoms with van der Waals surface area (Å²) in [7, 11) is -5.57. The molecular formula is C31H46N2O6Si2. The Labute approximate surface area is 247 Å². The topological polar surface area (TPSA) is 78.5 Å². The Kier molecular flexibility index (Phi) is 8.83. The summed E-state index contributed by atoms with van der Waals surface area (Å²) >= 11 is 0. The second-order valence-corrected chi connectivity index (χ2v) is 21.6. The van der Waals surface area contributed by atoms with E-state index in [1.54, 1.807) is 0 Å². The molecule has 2 aromatic rings. The molecule has 1 N–H and O–H groups in total. The number of rotatable bonds is 8. The summed E-state index contributed by atoms with van der Waals surface area (Å²) in [5, 5.41) is 1.93. The van der Waals surface area contributed by atoms with Crippen LogP contribution in [0, 0.1) is 0 Å². The highest BCUT2D eigenvalue weighted by Gasteiger charge is 2.65. The van der Waals surface area contributed by atoms with E-state index < -0.39 is 41.5 Å². The van der Waals surface area contributed by atoms with E-state index in [0.717, 1.165) is 11.4 Å². The number of benzene rings is 2. The van der Waals surface area contributed by atoms with Crippen LogP contribution in [-0.2, 0) is 27.2 Å². The summed E-state index contributed by atoms with van der Waals surface area (Å²) in [6, 6.07) is 19.1. The van der Waals surface area contributed by atoms with Crippen LogP contribution in [0.25, 0.3) is 0 Å². The van der Waals surface area contributed by atoms with Crippen molar-refractivity contribution in [1.82, 2.24) is 5.43 Å². The van der Waals surface area contributed by atoms with Crippen LogP contribution in [0.2, 0.25) is 22.2 Å². The molecule has 5 atom stereocenters. The first kappa shape index (κ1) is 30.4. The van der Waals surface area contributed by atoms with Crippen molar-refractivity contribution in [2.75, 3.05) is 11.6 Å². The Morgan fingerprint density at radius 3 is 1.73 bits per heavy atom. The van der Waals surface area contributed by atoms with Crippen molar-refractivity contribution in [3.63, 3.8) is 0 Å². The minimum absolute atomic E-state index is 0.172. The molecule has 0 aromatic heterocycles. The molecule has 8 nitrogen and oxygen atoms in total. The fourth-order valence-corrected chi connectivity index (χ4v) is 17.8. The molecule has 3 aliphatic rings. The predicted octanol–water partition coefficient (Wildman–Crippen LogP) is 6.35. The second kappa shape index (κ2) is 11.9. The van der Waals surface area contributed by atoms with E-state index in [0.29, 0.717) is 6.61 Å². The van der Waals surface area contributed by atoms with Crippen molar-refractivity contribution in [3.8, 4) is 0 Å². The molecular weight excluding hydrogens is 553 g/mol. The van der Waals surface area contributed by atoms with Crippen LogP contribution in [0.5, 0.6) is 0 Å². The molecule has 0 amide bonds. The SMILES string of the molecule is CC(C)[Si]1(C(C)C)OC[C@H]2O[C@@H]3C(NN(c4ccccc4)c4ccccc4)C(=O)O[C@@H]3[C@@H]2O[Si](C(C)C)(C(C)C)O1. The highest BCUT2D eigenvalue weighted by atomic mass is 28.5. The number of fused-ring (bicyclic) bond motifs is 3. The van der Waals surface area contributed by atoms with Gasteiger partial charge in [0.1, 0.15) is 18.3 Å². The molecule has 5 rings (SSSR count). The van der Waals surface area contributed by atoms with Crippen molar-refractivity contribution < 1.29 is 27.2 Å². The highest BCUT2D eigenvalue weighted by Crippen LogP contribution is 2.48. The average molecular weight is 599 g/mol. The molecule has 2 aromatic carbocycles. The van der Waals surface area contributed by atoms with E-state index in [-0.39, 0.29) is 34.2 Å². The Balaban J connectivity index is 1.49. The van der Waals surface area contributed by atoms with Crippen molar-refractivity contribution in [3.05, 3.63) is 60.7 Å². The van der Waals surface area contributed by atoms with E-state index in [1.807, 2.05) is 65.7 Å². The lowest BCUT2D eigenvalue weighted by molar-refractivity contribution is -0.148. The molecule has 0 saturated carbocycles. The first-order valence-corrected chi connectivity index (χ1v) is 19.0. The molecule has 41 heavy (non-hydrogen) atoms.